The monoisotopic (exact) mass is 259 g/mol. The van der Waals surface area contributed by atoms with Crippen molar-refractivity contribution in [3.05, 3.63) is 12.7 Å². The number of hydrogen-bond donors (Lipinski definition) is 1. The summed E-state index contributed by atoms with van der Waals surface area (Å²) in [6.45, 7) is 3.56. The van der Waals surface area contributed by atoms with Crippen LogP contribution in [0.5, 0.6) is 0 Å². The number of halogens is 2. The first-order chi connectivity index (χ1) is 7.56. The first-order valence-corrected chi connectivity index (χ1v) is 4.56. The van der Waals surface area contributed by atoms with Gasteiger partial charge in [0, 0.05) is 12.6 Å². The molecule has 1 rings (SSSR count). The molecular weight excluding hydrogens is 247 g/mol. The van der Waals surface area contributed by atoms with Crippen molar-refractivity contribution in [1.82, 2.24) is 5.32 Å². The Morgan fingerprint density at radius 3 is 2.71 bits per heavy atom. The maximum absolute atomic E-state index is 12.2. The van der Waals surface area contributed by atoms with Gasteiger partial charge in [-0.3, -0.25) is 10.1 Å². The molecule has 2 atom stereocenters. The second-order valence-corrected chi connectivity index (χ2v) is 3.01. The zero-order chi connectivity index (χ0) is 12.1. The van der Waals surface area contributed by atoms with E-state index in [0.29, 0.717) is 6.54 Å². The molecule has 0 aromatic rings. The second-order valence-electron chi connectivity index (χ2n) is 3.01. The number of carbonyl (C=O) groups is 2. The Labute approximate surface area is 119 Å². The summed E-state index contributed by atoms with van der Waals surface area (Å²) in [5, 5.41) is 2.60. The molecule has 0 amide bonds. The van der Waals surface area contributed by atoms with E-state index in [4.69, 9.17) is 4.74 Å². The third kappa shape index (κ3) is 4.81. The molecular formula is C9H12F2NNaO4. The zero-order valence-electron chi connectivity index (χ0n) is 8.32. The molecule has 92 valence electrons. The van der Waals surface area contributed by atoms with Crippen LogP contribution in [0.15, 0.2) is 12.7 Å². The molecule has 1 N–H and O–H groups in total. The molecule has 1 saturated heterocycles. The molecule has 0 saturated carbocycles. The van der Waals surface area contributed by atoms with Crippen LogP contribution in [0.3, 0.4) is 0 Å². The van der Waals surface area contributed by atoms with Crippen LogP contribution in [0.2, 0.25) is 0 Å². The van der Waals surface area contributed by atoms with Gasteiger partial charge in [-0.25, -0.2) is 13.6 Å². The van der Waals surface area contributed by atoms with Crippen LogP contribution in [-0.2, 0) is 19.1 Å². The fourth-order valence-electron chi connectivity index (χ4n) is 1.21. The Hall–Kier alpha value is -0.340. The topological polar surface area (TPSA) is 64.6 Å². The number of ketones is 1. The summed E-state index contributed by atoms with van der Waals surface area (Å²) in [7, 11) is 0. The van der Waals surface area contributed by atoms with E-state index in [0.717, 1.165) is 6.08 Å². The number of morpholine rings is 1. The zero-order valence-corrected chi connectivity index (χ0v) is 8.32. The third-order valence-corrected chi connectivity index (χ3v) is 1.93. The van der Waals surface area contributed by atoms with E-state index in [1.165, 1.54) is 0 Å². The minimum atomic E-state index is -3.16. The van der Waals surface area contributed by atoms with Crippen LogP contribution in [0.25, 0.3) is 0 Å². The second kappa shape index (κ2) is 7.88. The number of esters is 1. The molecule has 0 aromatic heterocycles. The normalized spacial score (nSPS) is 23.7. The summed E-state index contributed by atoms with van der Waals surface area (Å²) in [4.78, 5) is 21.9. The first-order valence-electron chi connectivity index (χ1n) is 4.56. The van der Waals surface area contributed by atoms with Gasteiger partial charge in [-0.15, -0.1) is 0 Å². The molecule has 0 bridgehead atoms. The van der Waals surface area contributed by atoms with Crippen molar-refractivity contribution in [2.75, 3.05) is 13.2 Å². The molecule has 1 fully saturated rings. The average molecular weight is 259 g/mol. The van der Waals surface area contributed by atoms with Crippen molar-refractivity contribution in [1.29, 1.82) is 0 Å². The summed E-state index contributed by atoms with van der Waals surface area (Å²) >= 11 is 0. The number of alkyl halides is 2. The third-order valence-electron chi connectivity index (χ3n) is 1.93. The van der Waals surface area contributed by atoms with Crippen LogP contribution in [0.4, 0.5) is 8.78 Å². The Balaban J connectivity index is 0.00000256. The van der Waals surface area contributed by atoms with E-state index in [9.17, 15) is 18.4 Å². The van der Waals surface area contributed by atoms with Crippen LogP contribution in [0.1, 0.15) is 0 Å². The molecule has 0 aliphatic carbocycles. The van der Waals surface area contributed by atoms with Crippen LogP contribution in [-0.4, -0.2) is 73.2 Å². The van der Waals surface area contributed by atoms with Crippen molar-refractivity contribution in [2.45, 2.75) is 18.8 Å². The summed E-state index contributed by atoms with van der Waals surface area (Å²) in [5.41, 5.74) is 0. The minimum absolute atomic E-state index is 0. The maximum atomic E-state index is 12.2. The van der Waals surface area contributed by atoms with E-state index in [2.05, 4.69) is 16.6 Å². The SMILES string of the molecule is C=CC(=O)OC1NCCOC1C(=O)C(F)F.[NaH]. The molecule has 1 aliphatic heterocycles. The van der Waals surface area contributed by atoms with Gasteiger partial charge >= 0.3 is 35.5 Å². The number of ether oxygens (including phenoxy) is 2. The van der Waals surface area contributed by atoms with Crippen molar-refractivity contribution in [3.8, 4) is 0 Å². The summed E-state index contributed by atoms with van der Waals surface area (Å²) in [6, 6.07) is 0. The summed E-state index contributed by atoms with van der Waals surface area (Å²) in [5.74, 6) is -2.22. The average Bonchev–Trinajstić information content (AvgIpc) is 2.28. The molecule has 0 spiro atoms. The van der Waals surface area contributed by atoms with Gasteiger partial charge in [0.2, 0.25) is 5.78 Å². The summed E-state index contributed by atoms with van der Waals surface area (Å²) < 4.78 is 33.9. The van der Waals surface area contributed by atoms with Crippen molar-refractivity contribution in [3.63, 3.8) is 0 Å². The van der Waals surface area contributed by atoms with Gasteiger partial charge < -0.3 is 9.47 Å². The number of hydrogen-bond acceptors (Lipinski definition) is 5. The van der Waals surface area contributed by atoms with E-state index in [-0.39, 0.29) is 36.2 Å². The van der Waals surface area contributed by atoms with Crippen molar-refractivity contribution < 1.29 is 27.8 Å². The number of Topliss-reactive ketones (excluding diaryl/α,β-unsaturated/α-hetero) is 1. The number of carbonyl (C=O) groups excluding carboxylic acids is 2. The number of rotatable bonds is 4. The molecule has 0 radical (unpaired) electrons. The van der Waals surface area contributed by atoms with Gasteiger partial charge in [-0.1, -0.05) is 6.58 Å². The molecule has 5 nitrogen and oxygen atoms in total. The van der Waals surface area contributed by atoms with Gasteiger partial charge in [-0.05, 0) is 0 Å². The Kier molecular flexibility index (Phi) is 7.73. The fourth-order valence-corrected chi connectivity index (χ4v) is 1.21. The van der Waals surface area contributed by atoms with Crippen molar-refractivity contribution in [2.24, 2.45) is 0 Å². The Bertz CT molecular complexity index is 301. The summed E-state index contributed by atoms with van der Waals surface area (Å²) in [6.07, 6.45) is -4.95. The molecule has 2 unspecified atom stereocenters. The standard InChI is InChI=1S/C9H11F2NO4.Na.H/c1-2-5(13)16-9-7(6(14)8(10)11)15-4-3-12-9;;/h2,7-9,12H,1,3-4H2;;. The predicted molar refractivity (Wildman–Crippen MR) is 56.0 cm³/mol. The van der Waals surface area contributed by atoms with E-state index in [1.807, 2.05) is 0 Å². The van der Waals surface area contributed by atoms with Gasteiger partial charge in [0.05, 0.1) is 6.61 Å². The Morgan fingerprint density at radius 2 is 2.18 bits per heavy atom. The van der Waals surface area contributed by atoms with Crippen LogP contribution < -0.4 is 5.32 Å². The molecule has 1 heterocycles. The first kappa shape index (κ1) is 16.7. The van der Waals surface area contributed by atoms with E-state index < -0.39 is 30.5 Å². The number of nitrogens with one attached hydrogen (secondary N) is 1. The van der Waals surface area contributed by atoms with Gasteiger partial charge in [0.1, 0.15) is 0 Å². The Morgan fingerprint density at radius 1 is 1.53 bits per heavy atom. The van der Waals surface area contributed by atoms with Gasteiger partial charge in [-0.2, -0.15) is 0 Å². The van der Waals surface area contributed by atoms with E-state index in [1.54, 1.807) is 0 Å². The van der Waals surface area contributed by atoms with Crippen molar-refractivity contribution >= 4 is 41.3 Å². The quantitative estimate of drug-likeness (QED) is 0.407. The molecule has 8 heteroatoms. The predicted octanol–water partition coefficient (Wildman–Crippen LogP) is -0.784. The van der Waals surface area contributed by atoms with Gasteiger partial charge in [0.25, 0.3) is 6.43 Å². The molecule has 0 aromatic carbocycles. The van der Waals surface area contributed by atoms with Crippen LogP contribution >= 0.6 is 0 Å². The molecule has 17 heavy (non-hydrogen) atoms. The fraction of sp³-hybridized carbons (Fsp3) is 0.556. The van der Waals surface area contributed by atoms with Crippen LogP contribution in [0, 0.1) is 0 Å². The van der Waals surface area contributed by atoms with Gasteiger partial charge in [0.15, 0.2) is 12.3 Å². The van der Waals surface area contributed by atoms with E-state index >= 15 is 0 Å². The molecule has 1 aliphatic rings.